The Morgan fingerprint density at radius 2 is 0.619 bits per heavy atom. The number of aromatic nitrogens is 4. The van der Waals surface area contributed by atoms with Gasteiger partial charge >= 0.3 is 0 Å². The Kier molecular flexibility index (Phi) is 6.85. The van der Waals surface area contributed by atoms with Crippen molar-refractivity contribution in [3.8, 4) is 67.0 Å². The molecule has 0 saturated heterocycles. The van der Waals surface area contributed by atoms with E-state index in [1.54, 1.807) is 0 Å². The van der Waals surface area contributed by atoms with E-state index in [2.05, 4.69) is 105 Å². The lowest BCUT2D eigenvalue weighted by atomic mass is 9.85. The maximum Gasteiger partial charge on any atom is 0.0701 e. The summed E-state index contributed by atoms with van der Waals surface area (Å²) in [6, 6.07) is 42.2. The lowest BCUT2D eigenvalue weighted by molar-refractivity contribution is 1.32. The van der Waals surface area contributed by atoms with Crippen molar-refractivity contribution in [3.05, 3.63) is 159 Å². The zero-order chi connectivity index (χ0) is 28.1. The van der Waals surface area contributed by atoms with E-state index in [0.29, 0.717) is 0 Å². The van der Waals surface area contributed by atoms with E-state index in [1.807, 2.05) is 73.6 Å². The van der Waals surface area contributed by atoms with E-state index < -0.39 is 0 Å². The summed E-state index contributed by atoms with van der Waals surface area (Å²) in [6.07, 6.45) is 11.0. The zero-order valence-corrected chi connectivity index (χ0v) is 22.8. The molecule has 0 atom stereocenters. The number of hydrogen-bond donors (Lipinski definition) is 0. The van der Waals surface area contributed by atoms with Crippen molar-refractivity contribution in [2.75, 3.05) is 0 Å². The Bertz CT molecular complexity index is 1780. The molecule has 42 heavy (non-hydrogen) atoms. The number of pyridine rings is 4. The van der Waals surface area contributed by atoms with Crippen LogP contribution in [0.4, 0.5) is 0 Å². The Labute approximate surface area is 245 Å². The van der Waals surface area contributed by atoms with Crippen molar-refractivity contribution >= 4 is 0 Å². The van der Waals surface area contributed by atoms with E-state index in [4.69, 9.17) is 0 Å². The highest BCUT2D eigenvalue weighted by atomic mass is 14.7. The van der Waals surface area contributed by atoms with E-state index in [9.17, 15) is 0 Å². The van der Waals surface area contributed by atoms with Gasteiger partial charge in [0.05, 0.1) is 11.4 Å². The standard InChI is InChI=1S/C38H26N4/c1-3-19-41-37(5-1)31-11-7-27(8-12-31)33-25-34(28-9-13-32(14-10-28)38-6-2-4-20-42-38)36(30-17-23-40-24-18-30)26-35(33)29-15-21-39-22-16-29/h1-26H. The molecular weight excluding hydrogens is 512 g/mol. The Balaban J connectivity index is 1.42. The highest BCUT2D eigenvalue weighted by molar-refractivity contribution is 5.95. The third-order valence-corrected chi connectivity index (χ3v) is 7.45. The van der Waals surface area contributed by atoms with Gasteiger partial charge < -0.3 is 0 Å². The zero-order valence-electron chi connectivity index (χ0n) is 22.8. The van der Waals surface area contributed by atoms with E-state index in [0.717, 1.165) is 67.0 Å². The van der Waals surface area contributed by atoms with Crippen molar-refractivity contribution in [1.29, 1.82) is 0 Å². The smallest absolute Gasteiger partial charge is 0.0701 e. The lowest BCUT2D eigenvalue weighted by Crippen LogP contribution is -1.93. The number of nitrogens with zero attached hydrogens (tertiary/aromatic N) is 4. The van der Waals surface area contributed by atoms with Gasteiger partial charge in [0.15, 0.2) is 0 Å². The van der Waals surface area contributed by atoms with Crippen LogP contribution < -0.4 is 0 Å². The van der Waals surface area contributed by atoms with Crippen LogP contribution in [0.3, 0.4) is 0 Å². The highest BCUT2D eigenvalue weighted by Gasteiger charge is 2.16. The van der Waals surface area contributed by atoms with Gasteiger partial charge in [0, 0.05) is 48.3 Å². The maximum absolute atomic E-state index is 4.53. The Morgan fingerprint density at radius 1 is 0.286 bits per heavy atom. The number of benzene rings is 3. The predicted molar refractivity (Wildman–Crippen MR) is 170 cm³/mol. The van der Waals surface area contributed by atoms with Crippen LogP contribution in [-0.2, 0) is 0 Å². The lowest BCUT2D eigenvalue weighted by Gasteiger charge is -2.18. The molecule has 7 aromatic rings. The fourth-order valence-electron chi connectivity index (χ4n) is 5.33. The fourth-order valence-corrected chi connectivity index (χ4v) is 5.33. The molecule has 0 aliphatic rings. The van der Waals surface area contributed by atoms with Crippen LogP contribution in [0.15, 0.2) is 159 Å². The molecule has 0 aliphatic heterocycles. The Morgan fingerprint density at radius 3 is 0.952 bits per heavy atom. The quantitative estimate of drug-likeness (QED) is 0.212. The first kappa shape index (κ1) is 25.2. The molecule has 198 valence electrons. The molecule has 4 nitrogen and oxygen atoms in total. The Hall–Kier alpha value is -5.74. The van der Waals surface area contributed by atoms with Crippen LogP contribution in [0.1, 0.15) is 0 Å². The van der Waals surface area contributed by atoms with Crippen LogP contribution in [0, 0.1) is 0 Å². The van der Waals surface area contributed by atoms with Crippen molar-refractivity contribution in [2.24, 2.45) is 0 Å². The normalized spacial score (nSPS) is 10.9. The molecule has 0 amide bonds. The molecule has 7 rings (SSSR count). The summed E-state index contributed by atoms with van der Waals surface area (Å²) in [7, 11) is 0. The SMILES string of the molecule is c1ccc(-c2ccc(-c3cc(-c4ccc(-c5ccccn5)cc4)c(-c4ccncc4)cc3-c3ccncc3)cc2)nc1. The topological polar surface area (TPSA) is 51.6 Å². The second-order valence-corrected chi connectivity index (χ2v) is 10.00. The molecule has 0 spiro atoms. The largest absolute Gasteiger partial charge is 0.265 e. The summed E-state index contributed by atoms with van der Waals surface area (Å²) in [4.78, 5) is 17.6. The molecule has 0 aliphatic carbocycles. The summed E-state index contributed by atoms with van der Waals surface area (Å²) >= 11 is 0. The molecule has 4 heteroatoms. The molecule has 0 unspecified atom stereocenters. The molecule has 0 bridgehead atoms. The first-order chi connectivity index (χ1) is 20.8. The van der Waals surface area contributed by atoms with E-state index in [1.165, 1.54) is 0 Å². The van der Waals surface area contributed by atoms with Gasteiger partial charge in [-0.2, -0.15) is 0 Å². The van der Waals surface area contributed by atoms with Crippen molar-refractivity contribution in [2.45, 2.75) is 0 Å². The first-order valence-corrected chi connectivity index (χ1v) is 13.9. The molecule has 3 aromatic carbocycles. The second kappa shape index (κ2) is 11.4. The van der Waals surface area contributed by atoms with Crippen LogP contribution in [0.5, 0.6) is 0 Å². The summed E-state index contributed by atoms with van der Waals surface area (Å²) in [5.41, 5.74) is 13.2. The number of rotatable bonds is 6. The predicted octanol–water partition coefficient (Wildman–Crippen LogP) is 9.27. The molecule has 0 radical (unpaired) electrons. The summed E-state index contributed by atoms with van der Waals surface area (Å²) in [5, 5.41) is 0. The molecule has 4 aromatic heterocycles. The molecule has 0 saturated carbocycles. The minimum absolute atomic E-state index is 0.958. The van der Waals surface area contributed by atoms with Crippen molar-refractivity contribution < 1.29 is 0 Å². The monoisotopic (exact) mass is 538 g/mol. The number of hydrogen-bond acceptors (Lipinski definition) is 4. The van der Waals surface area contributed by atoms with Gasteiger partial charge in [0.2, 0.25) is 0 Å². The first-order valence-electron chi connectivity index (χ1n) is 13.9. The summed E-state index contributed by atoms with van der Waals surface area (Å²) in [5.74, 6) is 0. The second-order valence-electron chi connectivity index (χ2n) is 10.00. The third kappa shape index (κ3) is 5.09. The van der Waals surface area contributed by atoms with Gasteiger partial charge in [-0.15, -0.1) is 0 Å². The summed E-state index contributed by atoms with van der Waals surface area (Å²) < 4.78 is 0. The van der Waals surface area contributed by atoms with Crippen LogP contribution in [-0.4, -0.2) is 19.9 Å². The van der Waals surface area contributed by atoms with Gasteiger partial charge in [-0.25, -0.2) is 0 Å². The molecule has 0 fully saturated rings. The summed E-state index contributed by atoms with van der Waals surface area (Å²) in [6.45, 7) is 0. The van der Waals surface area contributed by atoms with Crippen molar-refractivity contribution in [1.82, 2.24) is 19.9 Å². The third-order valence-electron chi connectivity index (χ3n) is 7.45. The van der Waals surface area contributed by atoms with Gasteiger partial charge in [0.1, 0.15) is 0 Å². The van der Waals surface area contributed by atoms with Crippen LogP contribution in [0.2, 0.25) is 0 Å². The van der Waals surface area contributed by atoms with Crippen molar-refractivity contribution in [3.63, 3.8) is 0 Å². The van der Waals surface area contributed by atoms with Gasteiger partial charge in [-0.05, 0) is 105 Å². The van der Waals surface area contributed by atoms with Crippen LogP contribution >= 0.6 is 0 Å². The fraction of sp³-hybridized carbons (Fsp3) is 0. The van der Waals surface area contributed by atoms with Gasteiger partial charge in [-0.1, -0.05) is 60.7 Å². The van der Waals surface area contributed by atoms with Gasteiger partial charge in [-0.3, -0.25) is 19.9 Å². The van der Waals surface area contributed by atoms with Gasteiger partial charge in [0.25, 0.3) is 0 Å². The average molecular weight is 539 g/mol. The minimum atomic E-state index is 0.958. The maximum atomic E-state index is 4.53. The molecule has 4 heterocycles. The average Bonchev–Trinajstić information content (AvgIpc) is 3.09. The van der Waals surface area contributed by atoms with E-state index in [-0.39, 0.29) is 0 Å². The highest BCUT2D eigenvalue weighted by Crippen LogP contribution is 2.42. The minimum Gasteiger partial charge on any atom is -0.265 e. The molecule has 0 N–H and O–H groups in total. The van der Waals surface area contributed by atoms with E-state index >= 15 is 0 Å². The van der Waals surface area contributed by atoms with Crippen LogP contribution in [0.25, 0.3) is 67.0 Å². The molecular formula is C38H26N4.